The Balaban J connectivity index is 1.84. The lowest BCUT2D eigenvalue weighted by Crippen LogP contribution is -2.27. The molecule has 1 aliphatic carbocycles. The summed E-state index contributed by atoms with van der Waals surface area (Å²) in [5, 5.41) is 3.18. The van der Waals surface area contributed by atoms with E-state index in [2.05, 4.69) is 26.0 Å². The van der Waals surface area contributed by atoms with Crippen LogP contribution in [-0.4, -0.2) is 26.8 Å². The lowest BCUT2D eigenvalue weighted by atomic mass is 10.3. The maximum atomic E-state index is 11.7. The number of nitrogens with one attached hydrogen (secondary N) is 2. The van der Waals surface area contributed by atoms with Gasteiger partial charge in [0, 0.05) is 22.7 Å². The van der Waals surface area contributed by atoms with E-state index in [0.717, 1.165) is 4.47 Å². The summed E-state index contributed by atoms with van der Waals surface area (Å²) in [6, 6.07) is 7.62. The first-order valence-electron chi connectivity index (χ1n) is 5.55. The molecular formula is C11H15BrN2O2S. The molecule has 0 radical (unpaired) electrons. The first kappa shape index (κ1) is 12.9. The Morgan fingerprint density at radius 1 is 1.24 bits per heavy atom. The van der Waals surface area contributed by atoms with Gasteiger partial charge in [0.15, 0.2) is 0 Å². The molecule has 0 heterocycles. The van der Waals surface area contributed by atoms with Crippen LogP contribution < -0.4 is 10.0 Å². The smallest absolute Gasteiger partial charge is 0.233 e. The molecular weight excluding hydrogens is 304 g/mol. The van der Waals surface area contributed by atoms with Gasteiger partial charge in [-0.15, -0.1) is 0 Å². The molecule has 17 heavy (non-hydrogen) atoms. The molecule has 2 rings (SSSR count). The number of rotatable bonds is 6. The van der Waals surface area contributed by atoms with Crippen molar-refractivity contribution >= 4 is 31.6 Å². The molecule has 0 spiro atoms. The van der Waals surface area contributed by atoms with E-state index in [1.165, 1.54) is 12.8 Å². The quantitative estimate of drug-likeness (QED) is 0.842. The fraction of sp³-hybridized carbons (Fsp3) is 0.455. The van der Waals surface area contributed by atoms with Crippen LogP contribution in [0.5, 0.6) is 0 Å². The molecule has 1 saturated carbocycles. The van der Waals surface area contributed by atoms with Crippen LogP contribution >= 0.6 is 15.9 Å². The van der Waals surface area contributed by atoms with Gasteiger partial charge < -0.3 is 5.32 Å². The topological polar surface area (TPSA) is 58.2 Å². The van der Waals surface area contributed by atoms with Gasteiger partial charge in [-0.3, -0.25) is 4.72 Å². The summed E-state index contributed by atoms with van der Waals surface area (Å²) in [5.41, 5.74) is 0.597. The van der Waals surface area contributed by atoms with Crippen molar-refractivity contribution in [3.8, 4) is 0 Å². The summed E-state index contributed by atoms with van der Waals surface area (Å²) in [4.78, 5) is 0. The third kappa shape index (κ3) is 4.65. The lowest BCUT2D eigenvalue weighted by molar-refractivity contribution is 0.595. The lowest BCUT2D eigenvalue weighted by Gasteiger charge is -2.08. The number of sulfonamides is 1. The Bertz CT molecular complexity index is 469. The van der Waals surface area contributed by atoms with E-state index in [9.17, 15) is 8.42 Å². The van der Waals surface area contributed by atoms with E-state index in [0.29, 0.717) is 18.3 Å². The summed E-state index contributed by atoms with van der Waals surface area (Å²) in [6.07, 6.45) is 2.33. The second-order valence-corrected chi connectivity index (χ2v) is 6.91. The molecule has 0 aliphatic heterocycles. The van der Waals surface area contributed by atoms with Crippen LogP contribution in [0.3, 0.4) is 0 Å². The minimum atomic E-state index is -3.24. The van der Waals surface area contributed by atoms with Gasteiger partial charge in [0.2, 0.25) is 10.0 Å². The standard InChI is InChI=1S/C11H15BrN2O2S/c12-9-1-3-11(4-2-9)14-17(15,16)8-7-13-10-5-6-10/h1-4,10,13-14H,5-8H2. The molecule has 6 heteroatoms. The van der Waals surface area contributed by atoms with Gasteiger partial charge in [-0.25, -0.2) is 8.42 Å². The summed E-state index contributed by atoms with van der Waals surface area (Å²) >= 11 is 3.30. The van der Waals surface area contributed by atoms with Crippen molar-refractivity contribution < 1.29 is 8.42 Å². The van der Waals surface area contributed by atoms with E-state index >= 15 is 0 Å². The molecule has 0 unspecified atom stereocenters. The van der Waals surface area contributed by atoms with Crippen LogP contribution in [0.4, 0.5) is 5.69 Å². The second-order valence-electron chi connectivity index (χ2n) is 4.16. The third-order valence-corrected chi connectivity index (χ3v) is 4.32. The van der Waals surface area contributed by atoms with E-state index in [1.54, 1.807) is 24.3 Å². The van der Waals surface area contributed by atoms with Crippen LogP contribution in [-0.2, 0) is 10.0 Å². The first-order valence-corrected chi connectivity index (χ1v) is 7.99. The Hall–Kier alpha value is -0.590. The minimum absolute atomic E-state index is 0.111. The highest BCUT2D eigenvalue weighted by Gasteiger charge is 2.21. The number of hydrogen-bond donors (Lipinski definition) is 2. The average molecular weight is 319 g/mol. The molecule has 0 bridgehead atoms. The maximum Gasteiger partial charge on any atom is 0.233 e. The predicted molar refractivity (Wildman–Crippen MR) is 72.6 cm³/mol. The molecule has 1 aromatic rings. The Morgan fingerprint density at radius 3 is 2.47 bits per heavy atom. The molecule has 94 valence electrons. The maximum absolute atomic E-state index is 11.7. The van der Waals surface area contributed by atoms with Gasteiger partial charge in [0.05, 0.1) is 5.75 Å². The van der Waals surface area contributed by atoms with Gasteiger partial charge in [0.25, 0.3) is 0 Å². The SMILES string of the molecule is O=S(=O)(CCNC1CC1)Nc1ccc(Br)cc1. The van der Waals surface area contributed by atoms with Crippen LogP contribution in [0.25, 0.3) is 0 Å². The van der Waals surface area contributed by atoms with E-state index in [1.807, 2.05) is 0 Å². The molecule has 0 amide bonds. The van der Waals surface area contributed by atoms with E-state index < -0.39 is 10.0 Å². The van der Waals surface area contributed by atoms with Gasteiger partial charge in [-0.05, 0) is 37.1 Å². The monoisotopic (exact) mass is 318 g/mol. The minimum Gasteiger partial charge on any atom is -0.313 e. The van der Waals surface area contributed by atoms with Crippen molar-refractivity contribution in [2.75, 3.05) is 17.0 Å². The number of anilines is 1. The zero-order valence-corrected chi connectivity index (χ0v) is 11.7. The van der Waals surface area contributed by atoms with Crippen LogP contribution in [0.2, 0.25) is 0 Å². The van der Waals surface area contributed by atoms with Crippen LogP contribution in [0.15, 0.2) is 28.7 Å². The van der Waals surface area contributed by atoms with E-state index in [4.69, 9.17) is 0 Å². The molecule has 2 N–H and O–H groups in total. The van der Waals surface area contributed by atoms with E-state index in [-0.39, 0.29) is 5.75 Å². The van der Waals surface area contributed by atoms with Gasteiger partial charge in [0.1, 0.15) is 0 Å². The zero-order valence-electron chi connectivity index (χ0n) is 9.32. The highest BCUT2D eigenvalue weighted by atomic mass is 79.9. The number of hydrogen-bond acceptors (Lipinski definition) is 3. The summed E-state index contributed by atoms with van der Waals surface area (Å²) in [7, 11) is -3.24. The molecule has 0 aromatic heterocycles. The molecule has 0 saturated heterocycles. The third-order valence-electron chi connectivity index (χ3n) is 2.50. The molecule has 1 aliphatic rings. The van der Waals surface area contributed by atoms with Crippen molar-refractivity contribution in [3.63, 3.8) is 0 Å². The summed E-state index contributed by atoms with van der Waals surface area (Å²) in [5.74, 6) is 0.111. The normalized spacial score (nSPS) is 15.8. The highest BCUT2D eigenvalue weighted by molar-refractivity contribution is 9.10. The second kappa shape index (κ2) is 5.37. The van der Waals surface area contributed by atoms with Gasteiger partial charge in [-0.2, -0.15) is 0 Å². The summed E-state index contributed by atoms with van der Waals surface area (Å²) < 4.78 is 26.9. The van der Waals surface area contributed by atoms with Gasteiger partial charge >= 0.3 is 0 Å². The first-order chi connectivity index (χ1) is 8.05. The number of benzene rings is 1. The van der Waals surface area contributed by atoms with Crippen molar-refractivity contribution in [2.45, 2.75) is 18.9 Å². The fourth-order valence-electron chi connectivity index (χ4n) is 1.43. The number of halogens is 1. The zero-order chi connectivity index (χ0) is 12.3. The Labute approximate surface area is 110 Å². The van der Waals surface area contributed by atoms with Crippen LogP contribution in [0, 0.1) is 0 Å². The predicted octanol–water partition coefficient (Wildman–Crippen LogP) is 1.94. The average Bonchev–Trinajstić information content (AvgIpc) is 3.05. The van der Waals surface area contributed by atoms with Crippen molar-refractivity contribution in [3.05, 3.63) is 28.7 Å². The Morgan fingerprint density at radius 2 is 1.88 bits per heavy atom. The molecule has 1 fully saturated rings. The van der Waals surface area contributed by atoms with Gasteiger partial charge in [-0.1, -0.05) is 15.9 Å². The molecule has 1 aromatic carbocycles. The largest absolute Gasteiger partial charge is 0.313 e. The van der Waals surface area contributed by atoms with Crippen molar-refractivity contribution in [1.82, 2.24) is 5.32 Å². The van der Waals surface area contributed by atoms with Crippen molar-refractivity contribution in [1.29, 1.82) is 0 Å². The summed E-state index contributed by atoms with van der Waals surface area (Å²) in [6.45, 7) is 0.510. The highest BCUT2D eigenvalue weighted by Crippen LogP contribution is 2.18. The Kier molecular flexibility index (Phi) is 4.06. The fourth-order valence-corrected chi connectivity index (χ4v) is 2.68. The molecule has 0 atom stereocenters. The molecule has 4 nitrogen and oxygen atoms in total. The van der Waals surface area contributed by atoms with Crippen molar-refractivity contribution in [2.24, 2.45) is 0 Å². The van der Waals surface area contributed by atoms with Crippen LogP contribution in [0.1, 0.15) is 12.8 Å².